The number of hydrogen-bond acceptors (Lipinski definition) is 6. The number of fused-ring (bicyclic) bond motifs is 1. The molecular formula is C29H38FN3O4. The van der Waals surface area contributed by atoms with E-state index in [0.717, 1.165) is 38.9 Å². The first-order valence-corrected chi connectivity index (χ1v) is 13.5. The van der Waals surface area contributed by atoms with Gasteiger partial charge >= 0.3 is 0 Å². The van der Waals surface area contributed by atoms with Crippen molar-refractivity contribution in [2.45, 2.75) is 69.2 Å². The van der Waals surface area contributed by atoms with Crippen molar-refractivity contribution in [1.29, 1.82) is 0 Å². The van der Waals surface area contributed by atoms with Crippen LogP contribution in [0.1, 0.15) is 36.8 Å². The van der Waals surface area contributed by atoms with E-state index in [1.165, 1.54) is 11.6 Å². The van der Waals surface area contributed by atoms with Crippen LogP contribution in [0, 0.1) is 5.82 Å². The number of nitrogens with one attached hydrogen (secondary N) is 1. The van der Waals surface area contributed by atoms with E-state index >= 15 is 0 Å². The third kappa shape index (κ3) is 7.15. The van der Waals surface area contributed by atoms with E-state index in [1.54, 1.807) is 12.1 Å². The predicted molar refractivity (Wildman–Crippen MR) is 138 cm³/mol. The highest BCUT2D eigenvalue weighted by Crippen LogP contribution is 2.29. The van der Waals surface area contributed by atoms with Crippen LogP contribution in [0.2, 0.25) is 0 Å². The predicted octanol–water partition coefficient (Wildman–Crippen LogP) is 2.72. The summed E-state index contributed by atoms with van der Waals surface area (Å²) in [4.78, 5) is 17.4. The summed E-state index contributed by atoms with van der Waals surface area (Å²) in [6, 6.07) is 17.3. The van der Waals surface area contributed by atoms with E-state index in [-0.39, 0.29) is 42.6 Å². The Bertz CT molecular complexity index is 1030. The van der Waals surface area contributed by atoms with Crippen molar-refractivity contribution in [3.63, 3.8) is 0 Å². The molecule has 0 spiro atoms. The van der Waals surface area contributed by atoms with E-state index in [1.807, 2.05) is 12.1 Å². The Morgan fingerprint density at radius 1 is 1.00 bits per heavy atom. The number of ether oxygens (including phenoxy) is 2. The van der Waals surface area contributed by atoms with E-state index in [9.17, 15) is 14.3 Å². The Kier molecular flexibility index (Phi) is 8.84. The highest BCUT2D eigenvalue weighted by molar-refractivity contribution is 5.76. The van der Waals surface area contributed by atoms with Gasteiger partial charge in [-0.25, -0.2) is 4.39 Å². The van der Waals surface area contributed by atoms with Crippen molar-refractivity contribution in [3.8, 4) is 0 Å². The average Bonchev–Trinajstić information content (AvgIpc) is 3.31. The van der Waals surface area contributed by atoms with Crippen molar-refractivity contribution >= 4 is 5.91 Å². The summed E-state index contributed by atoms with van der Waals surface area (Å²) in [6.07, 6.45) is 1.80. The standard InChI is InChI=1S/C29H38FN3O4/c30-26-9-5-4-8-22(26)16-33-18-24(34)19-36-20-28-27(33)11-10-25(37-28)14-29(35)31-23-12-13-32(17-23)15-21-6-2-1-3-7-21/h1-9,23-25,27-28,34H,10-20H2,(H,31,35)/t23-,24+,25-,27+,28-/m1/s1. The molecule has 0 aliphatic carbocycles. The number of nitrogens with zero attached hydrogens (tertiary/aromatic N) is 2. The molecule has 200 valence electrons. The van der Waals surface area contributed by atoms with Gasteiger partial charge in [-0.2, -0.15) is 0 Å². The lowest BCUT2D eigenvalue weighted by molar-refractivity contribution is -0.158. The molecule has 8 heteroatoms. The molecule has 3 aliphatic rings. The zero-order valence-corrected chi connectivity index (χ0v) is 21.3. The van der Waals surface area contributed by atoms with Crippen LogP contribution in [0.4, 0.5) is 4.39 Å². The van der Waals surface area contributed by atoms with Crippen LogP contribution in [0.25, 0.3) is 0 Å². The van der Waals surface area contributed by atoms with Gasteiger partial charge in [-0.1, -0.05) is 48.5 Å². The smallest absolute Gasteiger partial charge is 0.222 e. The number of carbonyl (C=O) groups is 1. The number of halogens is 1. The van der Waals surface area contributed by atoms with Gasteiger partial charge in [-0.3, -0.25) is 14.6 Å². The second-order valence-corrected chi connectivity index (χ2v) is 10.6. The Morgan fingerprint density at radius 3 is 2.65 bits per heavy atom. The molecule has 3 saturated heterocycles. The number of carbonyl (C=O) groups excluding carboxylic acids is 1. The molecular weight excluding hydrogens is 473 g/mol. The van der Waals surface area contributed by atoms with Gasteiger partial charge in [0.1, 0.15) is 5.82 Å². The normalized spacial score (nSPS) is 29.3. The topological polar surface area (TPSA) is 74.3 Å². The summed E-state index contributed by atoms with van der Waals surface area (Å²) in [5, 5.41) is 13.6. The molecule has 2 N–H and O–H groups in total. The number of aliphatic hydroxyl groups excluding tert-OH is 1. The van der Waals surface area contributed by atoms with Gasteiger partial charge in [0.05, 0.1) is 37.9 Å². The minimum absolute atomic E-state index is 0.00440. The molecule has 37 heavy (non-hydrogen) atoms. The van der Waals surface area contributed by atoms with Crippen molar-refractivity contribution < 1.29 is 23.8 Å². The molecule has 3 fully saturated rings. The van der Waals surface area contributed by atoms with Crippen LogP contribution >= 0.6 is 0 Å². The number of β-amino-alcohol motifs (C(OH)–C–C–N with tert-alkyl or cyclic N) is 1. The zero-order valence-electron chi connectivity index (χ0n) is 21.3. The first kappa shape index (κ1) is 26.3. The molecule has 2 aromatic rings. The van der Waals surface area contributed by atoms with Crippen LogP contribution < -0.4 is 5.32 Å². The Labute approximate surface area is 218 Å². The van der Waals surface area contributed by atoms with Gasteiger partial charge in [0, 0.05) is 50.4 Å². The summed E-state index contributed by atoms with van der Waals surface area (Å²) >= 11 is 0. The Hall–Kier alpha value is -2.36. The van der Waals surface area contributed by atoms with Crippen molar-refractivity contribution in [1.82, 2.24) is 15.1 Å². The molecule has 0 saturated carbocycles. The summed E-state index contributed by atoms with van der Waals surface area (Å²) in [5.74, 6) is -0.215. The summed E-state index contributed by atoms with van der Waals surface area (Å²) < 4.78 is 26.5. The molecule has 2 aromatic carbocycles. The van der Waals surface area contributed by atoms with Crippen LogP contribution in [0.5, 0.6) is 0 Å². The number of likely N-dealkylation sites (tertiary alicyclic amines) is 1. The molecule has 0 unspecified atom stereocenters. The molecule has 3 aliphatic heterocycles. The van der Waals surface area contributed by atoms with Crippen LogP contribution in [-0.2, 0) is 27.4 Å². The largest absolute Gasteiger partial charge is 0.389 e. The molecule has 0 radical (unpaired) electrons. The van der Waals surface area contributed by atoms with Gasteiger partial charge in [-0.05, 0) is 30.9 Å². The maximum Gasteiger partial charge on any atom is 0.222 e. The summed E-state index contributed by atoms with van der Waals surface area (Å²) in [7, 11) is 0. The van der Waals surface area contributed by atoms with Gasteiger partial charge in [0.15, 0.2) is 0 Å². The highest BCUT2D eigenvalue weighted by atomic mass is 19.1. The van der Waals surface area contributed by atoms with Crippen LogP contribution in [0.15, 0.2) is 54.6 Å². The Morgan fingerprint density at radius 2 is 1.81 bits per heavy atom. The van der Waals surface area contributed by atoms with Crippen molar-refractivity contribution in [2.75, 3.05) is 32.8 Å². The van der Waals surface area contributed by atoms with Crippen molar-refractivity contribution in [2.24, 2.45) is 0 Å². The van der Waals surface area contributed by atoms with E-state index in [2.05, 4.69) is 39.4 Å². The van der Waals surface area contributed by atoms with Gasteiger partial charge in [-0.15, -0.1) is 0 Å². The molecule has 5 atom stereocenters. The van der Waals surface area contributed by atoms with Crippen molar-refractivity contribution in [3.05, 3.63) is 71.5 Å². The lowest BCUT2D eigenvalue weighted by Crippen LogP contribution is -2.55. The third-order valence-corrected chi connectivity index (χ3v) is 7.72. The first-order chi connectivity index (χ1) is 18.0. The van der Waals surface area contributed by atoms with Crippen LogP contribution in [-0.4, -0.2) is 84.1 Å². The van der Waals surface area contributed by atoms with E-state index in [4.69, 9.17) is 9.47 Å². The summed E-state index contributed by atoms with van der Waals surface area (Å²) in [6.45, 7) is 4.10. The zero-order chi connectivity index (χ0) is 25.6. The molecule has 3 heterocycles. The minimum Gasteiger partial charge on any atom is -0.389 e. The van der Waals surface area contributed by atoms with Gasteiger partial charge in [0.2, 0.25) is 5.91 Å². The fourth-order valence-corrected chi connectivity index (χ4v) is 5.90. The second-order valence-electron chi connectivity index (χ2n) is 10.6. The third-order valence-electron chi connectivity index (χ3n) is 7.72. The highest BCUT2D eigenvalue weighted by Gasteiger charge is 2.38. The number of aliphatic hydroxyl groups is 1. The SMILES string of the molecule is O=C(C[C@H]1CC[C@H]2[C@@H](COC[C@@H](O)CN2Cc2ccccc2F)O1)N[C@@H]1CCN(Cc2ccccc2)C1. The summed E-state index contributed by atoms with van der Waals surface area (Å²) in [5.41, 5.74) is 1.90. The second kappa shape index (κ2) is 12.5. The number of benzene rings is 2. The maximum absolute atomic E-state index is 14.4. The lowest BCUT2D eigenvalue weighted by Gasteiger charge is -2.44. The fraction of sp³-hybridized carbons (Fsp3) is 0.552. The lowest BCUT2D eigenvalue weighted by atomic mass is 9.94. The molecule has 0 bridgehead atoms. The van der Waals surface area contributed by atoms with E-state index < -0.39 is 6.10 Å². The quantitative estimate of drug-likeness (QED) is 0.596. The monoisotopic (exact) mass is 511 g/mol. The average molecular weight is 512 g/mol. The Balaban J connectivity index is 1.13. The molecule has 0 aromatic heterocycles. The number of rotatable bonds is 7. The maximum atomic E-state index is 14.4. The first-order valence-electron chi connectivity index (χ1n) is 13.5. The van der Waals surface area contributed by atoms with Gasteiger partial charge in [0.25, 0.3) is 0 Å². The van der Waals surface area contributed by atoms with Gasteiger partial charge < -0.3 is 19.9 Å². The molecule has 5 rings (SSSR count). The fourth-order valence-electron chi connectivity index (χ4n) is 5.90. The molecule has 7 nitrogen and oxygen atoms in total. The molecule has 1 amide bonds. The number of amides is 1. The number of hydrogen-bond donors (Lipinski definition) is 2. The van der Waals surface area contributed by atoms with E-state index in [0.29, 0.717) is 31.7 Å². The minimum atomic E-state index is -0.635. The van der Waals surface area contributed by atoms with Crippen LogP contribution in [0.3, 0.4) is 0 Å².